The first-order valence-corrected chi connectivity index (χ1v) is 6.93. The van der Waals surface area contributed by atoms with Crippen LogP contribution in [0.4, 0.5) is 4.39 Å². The van der Waals surface area contributed by atoms with Gasteiger partial charge in [-0.1, -0.05) is 13.8 Å². The van der Waals surface area contributed by atoms with E-state index in [0.717, 1.165) is 4.57 Å². The van der Waals surface area contributed by atoms with Gasteiger partial charge in [-0.2, -0.15) is 0 Å². The molecule has 0 aliphatic carbocycles. The van der Waals surface area contributed by atoms with Crippen molar-refractivity contribution in [1.82, 2.24) is 9.55 Å². The Morgan fingerprint density at radius 2 is 2.21 bits per heavy atom. The summed E-state index contributed by atoms with van der Waals surface area (Å²) in [5.41, 5.74) is -2.90. The van der Waals surface area contributed by atoms with Crippen LogP contribution in [0, 0.1) is 5.92 Å². The molecule has 0 unspecified atom stereocenters. The Balaban J connectivity index is 2.51. The first-order chi connectivity index (χ1) is 8.78. The first-order valence-electron chi connectivity index (χ1n) is 6.14. The third-order valence-electron chi connectivity index (χ3n) is 3.81. The number of hydrogen-bond acceptors (Lipinski definition) is 3. The molecule has 0 spiro atoms. The lowest BCUT2D eigenvalue weighted by atomic mass is 9.88. The number of aromatic nitrogens is 2. The maximum absolute atomic E-state index is 14.8. The van der Waals surface area contributed by atoms with Gasteiger partial charge in [-0.25, -0.2) is 9.18 Å². The molecule has 5 nitrogen and oxygen atoms in total. The van der Waals surface area contributed by atoms with Crippen LogP contribution >= 0.6 is 15.9 Å². The fraction of sp³-hybridized carbons (Fsp3) is 0.667. The van der Waals surface area contributed by atoms with Crippen LogP contribution in [0.1, 0.15) is 33.4 Å². The molecule has 0 radical (unpaired) electrons. The molecular weight excluding hydrogens is 319 g/mol. The summed E-state index contributed by atoms with van der Waals surface area (Å²) in [5.74, 6) is -0.333. The van der Waals surface area contributed by atoms with Gasteiger partial charge in [-0.05, 0) is 29.3 Å². The van der Waals surface area contributed by atoms with Crippen molar-refractivity contribution in [3.05, 3.63) is 31.5 Å². The van der Waals surface area contributed by atoms with Crippen molar-refractivity contribution in [2.24, 2.45) is 5.92 Å². The Labute approximate surface area is 117 Å². The summed E-state index contributed by atoms with van der Waals surface area (Å²) in [4.78, 5) is 25.2. The van der Waals surface area contributed by atoms with Gasteiger partial charge in [0.05, 0.1) is 10.6 Å². The van der Waals surface area contributed by atoms with E-state index >= 15 is 0 Å². The monoisotopic (exact) mass is 334 g/mol. The molecule has 0 aromatic carbocycles. The zero-order chi connectivity index (χ0) is 14.4. The second-order valence-electron chi connectivity index (χ2n) is 5.02. The van der Waals surface area contributed by atoms with Gasteiger partial charge in [0.15, 0.2) is 11.9 Å². The van der Waals surface area contributed by atoms with Crippen molar-refractivity contribution < 1.29 is 9.13 Å². The quantitative estimate of drug-likeness (QED) is 0.899. The van der Waals surface area contributed by atoms with Gasteiger partial charge < -0.3 is 4.74 Å². The summed E-state index contributed by atoms with van der Waals surface area (Å²) in [5, 5.41) is 0. The Kier molecular flexibility index (Phi) is 3.70. The summed E-state index contributed by atoms with van der Waals surface area (Å²) in [6.45, 7) is 5.09. The highest BCUT2D eigenvalue weighted by atomic mass is 79.9. The topological polar surface area (TPSA) is 64.1 Å². The van der Waals surface area contributed by atoms with Gasteiger partial charge in [0.2, 0.25) is 0 Å². The number of nitrogens with one attached hydrogen (secondary N) is 1. The largest absolute Gasteiger partial charge is 0.351 e. The lowest BCUT2D eigenvalue weighted by Crippen LogP contribution is -2.40. The number of aromatic amines is 1. The van der Waals surface area contributed by atoms with Crippen LogP contribution in [0.25, 0.3) is 0 Å². The fourth-order valence-corrected chi connectivity index (χ4v) is 2.75. The number of alkyl halides is 1. The minimum Gasteiger partial charge on any atom is -0.351 e. The zero-order valence-corrected chi connectivity index (χ0v) is 12.5. The van der Waals surface area contributed by atoms with E-state index in [1.165, 1.54) is 13.1 Å². The number of halogens is 2. The fourth-order valence-electron chi connectivity index (χ4n) is 2.43. The van der Waals surface area contributed by atoms with E-state index in [0.29, 0.717) is 6.42 Å². The molecule has 0 amide bonds. The van der Waals surface area contributed by atoms with Crippen LogP contribution in [0.5, 0.6) is 0 Å². The lowest BCUT2D eigenvalue weighted by molar-refractivity contribution is -0.0503. The normalized spacial score (nSPS) is 34.7. The van der Waals surface area contributed by atoms with Crippen LogP contribution in [0.2, 0.25) is 0 Å². The molecule has 2 heterocycles. The summed E-state index contributed by atoms with van der Waals surface area (Å²) in [6.07, 6.45) is 0.649. The van der Waals surface area contributed by atoms with Crippen molar-refractivity contribution in [3.8, 4) is 0 Å². The predicted octanol–water partition coefficient (Wildman–Crippen LogP) is 1.97. The maximum Gasteiger partial charge on any atom is 0.330 e. The lowest BCUT2D eigenvalue weighted by Gasteiger charge is -2.25. The summed E-state index contributed by atoms with van der Waals surface area (Å²) in [7, 11) is 0. The van der Waals surface area contributed by atoms with Crippen molar-refractivity contribution in [2.45, 2.75) is 45.2 Å². The van der Waals surface area contributed by atoms with Gasteiger partial charge in [0.1, 0.15) is 0 Å². The molecule has 1 aromatic heterocycles. The third kappa shape index (κ3) is 2.29. The highest BCUT2D eigenvalue weighted by Crippen LogP contribution is 2.45. The number of hydrogen-bond donors (Lipinski definition) is 1. The Bertz CT molecular complexity index is 595. The smallest absolute Gasteiger partial charge is 0.330 e. The van der Waals surface area contributed by atoms with Gasteiger partial charge in [0, 0.05) is 12.1 Å². The maximum atomic E-state index is 14.8. The molecule has 1 fully saturated rings. The van der Waals surface area contributed by atoms with Crippen LogP contribution in [0.15, 0.2) is 20.3 Å². The minimum absolute atomic E-state index is 0.166. The molecular formula is C12H16BrFN2O3. The number of ether oxygens (including phenoxy) is 1. The Morgan fingerprint density at radius 3 is 2.74 bits per heavy atom. The standard InChI is InChI=1S/C12H16BrFN2O3/c1-4-8-6(2)12(3,14)10(19-8)16-5-7(13)9(17)15-11(16)18/h5-6,8,10H,4H2,1-3H3,(H,15,17,18)/t6-,8-,10-,12-/m1/s1. The van der Waals surface area contributed by atoms with Crippen molar-refractivity contribution in [3.63, 3.8) is 0 Å². The molecule has 4 atom stereocenters. The van der Waals surface area contributed by atoms with E-state index in [9.17, 15) is 14.0 Å². The Hall–Kier alpha value is -0.950. The number of nitrogens with zero attached hydrogens (tertiary/aromatic N) is 1. The third-order valence-corrected chi connectivity index (χ3v) is 4.38. The molecule has 1 saturated heterocycles. The van der Waals surface area contributed by atoms with Crippen molar-refractivity contribution in [1.29, 1.82) is 0 Å². The average molecular weight is 335 g/mol. The molecule has 0 bridgehead atoms. The molecule has 106 valence electrons. The van der Waals surface area contributed by atoms with Crippen LogP contribution in [-0.2, 0) is 4.74 Å². The SMILES string of the molecule is CC[C@H]1O[C@@H](n2cc(Br)c(=O)[nH]c2=O)[C@](C)(F)[C@@H]1C. The Morgan fingerprint density at radius 1 is 1.58 bits per heavy atom. The van der Waals surface area contributed by atoms with Gasteiger partial charge in [-0.3, -0.25) is 14.3 Å². The molecule has 0 saturated carbocycles. The van der Waals surface area contributed by atoms with Crippen LogP contribution in [-0.4, -0.2) is 21.3 Å². The van der Waals surface area contributed by atoms with Crippen molar-refractivity contribution >= 4 is 15.9 Å². The van der Waals surface area contributed by atoms with Crippen LogP contribution < -0.4 is 11.2 Å². The van der Waals surface area contributed by atoms with Crippen LogP contribution in [0.3, 0.4) is 0 Å². The molecule has 1 aromatic rings. The van der Waals surface area contributed by atoms with E-state index < -0.39 is 23.1 Å². The number of rotatable bonds is 2. The number of H-pyrrole nitrogens is 1. The summed E-state index contributed by atoms with van der Waals surface area (Å²) >= 11 is 3.03. The highest BCUT2D eigenvalue weighted by Gasteiger charge is 2.52. The zero-order valence-electron chi connectivity index (χ0n) is 10.9. The molecule has 19 heavy (non-hydrogen) atoms. The van der Waals surface area contributed by atoms with E-state index in [-0.39, 0.29) is 16.5 Å². The van der Waals surface area contributed by atoms with Gasteiger partial charge in [0.25, 0.3) is 5.56 Å². The first kappa shape index (κ1) is 14.5. The second kappa shape index (κ2) is 4.86. The van der Waals surface area contributed by atoms with E-state index in [1.54, 1.807) is 6.92 Å². The van der Waals surface area contributed by atoms with E-state index in [4.69, 9.17) is 4.74 Å². The van der Waals surface area contributed by atoms with E-state index in [2.05, 4.69) is 20.9 Å². The van der Waals surface area contributed by atoms with Gasteiger partial charge in [-0.15, -0.1) is 0 Å². The highest BCUT2D eigenvalue weighted by molar-refractivity contribution is 9.10. The molecule has 2 rings (SSSR count). The van der Waals surface area contributed by atoms with Crippen molar-refractivity contribution in [2.75, 3.05) is 0 Å². The molecule has 7 heteroatoms. The molecule has 1 N–H and O–H groups in total. The molecule has 1 aliphatic rings. The second-order valence-corrected chi connectivity index (χ2v) is 5.87. The summed E-state index contributed by atoms with van der Waals surface area (Å²) < 4.78 is 21.7. The van der Waals surface area contributed by atoms with E-state index in [1.807, 2.05) is 6.92 Å². The summed E-state index contributed by atoms with van der Waals surface area (Å²) in [6, 6.07) is 0. The van der Waals surface area contributed by atoms with Gasteiger partial charge >= 0.3 is 5.69 Å². The average Bonchev–Trinajstić information content (AvgIpc) is 2.56. The molecule has 1 aliphatic heterocycles. The minimum atomic E-state index is -1.68. The predicted molar refractivity (Wildman–Crippen MR) is 71.9 cm³/mol.